The average Bonchev–Trinajstić information content (AvgIpc) is 3.46. The third kappa shape index (κ3) is 4.51. The second-order valence-corrected chi connectivity index (χ2v) is 8.81. The highest BCUT2D eigenvalue weighted by Crippen LogP contribution is 2.32. The zero-order valence-corrected chi connectivity index (χ0v) is 19.7. The van der Waals surface area contributed by atoms with Crippen molar-refractivity contribution >= 4 is 34.0 Å². The van der Waals surface area contributed by atoms with Crippen LogP contribution in [0.15, 0.2) is 50.5 Å². The summed E-state index contributed by atoms with van der Waals surface area (Å²) in [5.74, 6) is 0.706. The third-order valence-corrected chi connectivity index (χ3v) is 6.82. The number of halogens is 1. The molecule has 9 nitrogen and oxygen atoms in total. The number of aromatic nitrogens is 4. The van der Waals surface area contributed by atoms with Crippen LogP contribution in [0.5, 0.6) is 0 Å². The van der Waals surface area contributed by atoms with Gasteiger partial charge in [-0.2, -0.15) is 4.98 Å². The molecule has 5 rings (SSSR count). The van der Waals surface area contributed by atoms with Gasteiger partial charge in [-0.05, 0) is 37.6 Å². The van der Waals surface area contributed by atoms with Gasteiger partial charge in [0, 0.05) is 18.0 Å². The molecule has 1 aromatic carbocycles. The molecule has 0 amide bonds. The lowest BCUT2D eigenvalue weighted by molar-refractivity contribution is 0.174. The van der Waals surface area contributed by atoms with Gasteiger partial charge in [0.1, 0.15) is 17.9 Å². The normalized spacial score (nSPS) is 14.5. The maximum absolute atomic E-state index is 13.6. The molecule has 0 atom stereocenters. The molecule has 1 aliphatic rings. The Bertz CT molecular complexity index is 1350. The van der Waals surface area contributed by atoms with Gasteiger partial charge in [0.15, 0.2) is 5.82 Å². The van der Waals surface area contributed by atoms with Crippen molar-refractivity contribution in [1.29, 1.82) is 0 Å². The number of hydrogen-bond acceptors (Lipinski definition) is 8. The summed E-state index contributed by atoms with van der Waals surface area (Å²) in [6.45, 7) is 1.86. The zero-order chi connectivity index (χ0) is 22.1. The highest BCUT2D eigenvalue weighted by atomic mass is 35.5. The molecule has 1 saturated heterocycles. The fourth-order valence-electron chi connectivity index (χ4n) is 4.13. The van der Waals surface area contributed by atoms with Gasteiger partial charge in [0.25, 0.3) is 5.56 Å². The fourth-order valence-corrected chi connectivity index (χ4v) is 5.23. The summed E-state index contributed by atoms with van der Waals surface area (Å²) in [5, 5.41) is 7.18. The topological polar surface area (TPSA) is 104 Å². The maximum atomic E-state index is 13.6. The molecule has 0 radical (unpaired) electrons. The highest BCUT2D eigenvalue weighted by molar-refractivity contribution is 7.22. The van der Waals surface area contributed by atoms with Crippen LogP contribution in [-0.4, -0.2) is 39.5 Å². The Hall–Kier alpha value is -2.79. The summed E-state index contributed by atoms with van der Waals surface area (Å²) >= 11 is 1.41. The Morgan fingerprint density at radius 2 is 1.97 bits per heavy atom. The van der Waals surface area contributed by atoms with Gasteiger partial charge >= 0.3 is 5.69 Å². The number of thiophene rings is 1. The average molecular weight is 490 g/mol. The summed E-state index contributed by atoms with van der Waals surface area (Å²) in [5.41, 5.74) is 1.01. The quantitative estimate of drug-likeness (QED) is 0.444. The molecule has 33 heavy (non-hydrogen) atoms. The van der Waals surface area contributed by atoms with Crippen LogP contribution in [0.2, 0.25) is 0 Å². The van der Waals surface area contributed by atoms with Gasteiger partial charge in [-0.1, -0.05) is 35.5 Å². The Morgan fingerprint density at radius 3 is 2.70 bits per heavy atom. The molecule has 0 aliphatic carbocycles. The van der Waals surface area contributed by atoms with Crippen molar-refractivity contribution < 1.29 is 9.26 Å². The van der Waals surface area contributed by atoms with Crippen molar-refractivity contribution in [2.45, 2.75) is 32.0 Å². The number of nitrogens with zero attached hydrogens (tertiary/aromatic N) is 4. The number of rotatable bonds is 6. The van der Waals surface area contributed by atoms with Crippen LogP contribution in [0.1, 0.15) is 30.6 Å². The molecule has 4 aromatic rings. The van der Waals surface area contributed by atoms with E-state index in [4.69, 9.17) is 9.26 Å². The predicted octanol–water partition coefficient (Wildman–Crippen LogP) is 2.82. The van der Waals surface area contributed by atoms with Gasteiger partial charge in [-0.25, -0.2) is 4.79 Å². The first-order valence-electron chi connectivity index (χ1n) is 10.5. The minimum Gasteiger partial charge on any atom is -0.377 e. The molecular formula is C22H24ClN5O4S. The van der Waals surface area contributed by atoms with Crippen molar-refractivity contribution in [3.05, 3.63) is 69.0 Å². The van der Waals surface area contributed by atoms with E-state index in [1.54, 1.807) is 11.7 Å². The van der Waals surface area contributed by atoms with E-state index >= 15 is 0 Å². The van der Waals surface area contributed by atoms with Crippen molar-refractivity contribution in [2.75, 3.05) is 20.2 Å². The number of fused-ring (bicyclic) bond motifs is 1. The number of hydrogen-bond donors (Lipinski definition) is 1. The van der Waals surface area contributed by atoms with Crippen LogP contribution in [0.4, 0.5) is 0 Å². The first kappa shape index (κ1) is 23.4. The van der Waals surface area contributed by atoms with Crippen molar-refractivity contribution in [3.63, 3.8) is 0 Å². The molecule has 3 aromatic heterocycles. The number of benzene rings is 1. The van der Waals surface area contributed by atoms with E-state index < -0.39 is 0 Å². The lowest BCUT2D eigenvalue weighted by Gasteiger charge is -2.24. The Balaban J connectivity index is 0.00000259. The monoisotopic (exact) mass is 489 g/mol. The van der Waals surface area contributed by atoms with Crippen LogP contribution in [-0.2, 0) is 17.9 Å². The number of nitrogens with one attached hydrogen (secondary N) is 1. The Morgan fingerprint density at radius 1 is 1.21 bits per heavy atom. The summed E-state index contributed by atoms with van der Waals surface area (Å²) in [6, 6.07) is 11.6. The minimum atomic E-state index is -0.349. The fraction of sp³-hybridized carbons (Fsp3) is 0.364. The Labute approximate surface area is 199 Å². The van der Waals surface area contributed by atoms with Gasteiger partial charge < -0.3 is 14.6 Å². The van der Waals surface area contributed by atoms with Crippen LogP contribution >= 0.6 is 23.7 Å². The molecule has 1 fully saturated rings. The van der Waals surface area contributed by atoms with E-state index in [0.717, 1.165) is 36.4 Å². The van der Waals surface area contributed by atoms with Crippen LogP contribution in [0, 0.1) is 0 Å². The van der Waals surface area contributed by atoms with Gasteiger partial charge in [-0.3, -0.25) is 13.9 Å². The molecule has 0 spiro atoms. The van der Waals surface area contributed by atoms with E-state index in [0.29, 0.717) is 21.9 Å². The smallest absolute Gasteiger partial charge is 0.332 e. The lowest BCUT2D eigenvalue weighted by Crippen LogP contribution is -2.45. The summed E-state index contributed by atoms with van der Waals surface area (Å²) < 4.78 is 13.9. The standard InChI is InChI=1S/C22H23N5O4S.ClH/c1-30-13-18-24-19(31-25-18)12-26-16-11-17(14-5-3-2-4-6-14)32-20(16)21(28)27(22(26)29)15-7-9-23-10-8-15;/h2-6,11,15,23H,7-10,12-13H2,1H3;1H. The first-order valence-corrected chi connectivity index (χ1v) is 11.3. The highest BCUT2D eigenvalue weighted by Gasteiger charge is 2.24. The molecule has 1 aliphatic heterocycles. The minimum absolute atomic E-state index is 0. The molecule has 0 bridgehead atoms. The number of ether oxygens (including phenoxy) is 1. The zero-order valence-electron chi connectivity index (χ0n) is 18.0. The second-order valence-electron chi connectivity index (χ2n) is 7.75. The first-order chi connectivity index (χ1) is 15.7. The molecule has 0 unspecified atom stereocenters. The molecule has 11 heteroatoms. The van der Waals surface area contributed by atoms with Crippen molar-refractivity contribution in [2.24, 2.45) is 0 Å². The molecule has 4 heterocycles. The lowest BCUT2D eigenvalue weighted by atomic mass is 10.1. The number of methoxy groups -OCH3 is 1. The van der Waals surface area contributed by atoms with Crippen molar-refractivity contribution in [3.8, 4) is 10.4 Å². The van der Waals surface area contributed by atoms with Crippen LogP contribution in [0.25, 0.3) is 20.7 Å². The maximum Gasteiger partial charge on any atom is 0.332 e. The predicted molar refractivity (Wildman–Crippen MR) is 128 cm³/mol. The largest absolute Gasteiger partial charge is 0.377 e. The van der Waals surface area contributed by atoms with E-state index in [9.17, 15) is 9.59 Å². The van der Waals surface area contributed by atoms with Gasteiger partial charge in [-0.15, -0.1) is 23.7 Å². The van der Waals surface area contributed by atoms with Gasteiger partial charge in [0.2, 0.25) is 5.89 Å². The molecular weight excluding hydrogens is 466 g/mol. The summed E-state index contributed by atoms with van der Waals surface area (Å²) in [4.78, 5) is 32.3. The summed E-state index contributed by atoms with van der Waals surface area (Å²) in [6.07, 6.45) is 1.46. The second kappa shape index (κ2) is 10.0. The van der Waals surface area contributed by atoms with Gasteiger partial charge in [0.05, 0.1) is 5.52 Å². The van der Waals surface area contributed by atoms with Crippen LogP contribution < -0.4 is 16.6 Å². The summed E-state index contributed by atoms with van der Waals surface area (Å²) in [7, 11) is 1.55. The van der Waals surface area contributed by atoms with E-state index in [-0.39, 0.29) is 42.8 Å². The Kier molecular flexibility index (Phi) is 7.08. The third-order valence-electron chi connectivity index (χ3n) is 5.66. The number of piperidine rings is 1. The molecule has 1 N–H and O–H groups in total. The SMILES string of the molecule is COCc1noc(Cn2c(=O)n(C3CCNCC3)c(=O)c3sc(-c4ccccc4)cc32)n1.Cl. The molecule has 174 valence electrons. The molecule has 0 saturated carbocycles. The van der Waals surface area contributed by atoms with Crippen LogP contribution in [0.3, 0.4) is 0 Å². The van der Waals surface area contributed by atoms with Crippen molar-refractivity contribution in [1.82, 2.24) is 24.6 Å². The van der Waals surface area contributed by atoms with E-state index in [1.807, 2.05) is 36.4 Å². The van der Waals surface area contributed by atoms with E-state index in [2.05, 4.69) is 15.5 Å². The van der Waals surface area contributed by atoms with E-state index in [1.165, 1.54) is 15.9 Å².